The van der Waals surface area contributed by atoms with Crippen molar-refractivity contribution < 1.29 is 0 Å². The lowest BCUT2D eigenvalue weighted by Crippen LogP contribution is -2.15. The van der Waals surface area contributed by atoms with Gasteiger partial charge < -0.3 is 0 Å². The van der Waals surface area contributed by atoms with Crippen LogP contribution in [0.4, 0.5) is 5.69 Å². The van der Waals surface area contributed by atoms with E-state index in [1.165, 1.54) is 50.1 Å². The molecule has 2 heteroatoms. The van der Waals surface area contributed by atoms with Crippen LogP contribution in [0.25, 0.3) is 82.3 Å². The van der Waals surface area contributed by atoms with E-state index in [9.17, 15) is 0 Å². The summed E-state index contributed by atoms with van der Waals surface area (Å²) in [5, 5.41) is 3.34. The molecular weight excluding hydrogens is 629 g/mol. The predicted molar refractivity (Wildman–Crippen MR) is 217 cm³/mol. The maximum Gasteiger partial charge on any atom is 0.187 e. The van der Waals surface area contributed by atoms with Gasteiger partial charge >= 0.3 is 0 Å². The molecule has 0 N–H and O–H groups in total. The van der Waals surface area contributed by atoms with E-state index in [-0.39, 0.29) is 10.8 Å². The van der Waals surface area contributed by atoms with E-state index >= 15 is 0 Å². The Labute approximate surface area is 304 Å². The Morgan fingerprint density at radius 2 is 0.962 bits per heavy atom. The van der Waals surface area contributed by atoms with Gasteiger partial charge in [-0.2, -0.15) is 0 Å². The average Bonchev–Trinajstić information content (AvgIpc) is 3.56. The minimum absolute atomic E-state index is 0.107. The lowest BCUT2D eigenvalue weighted by Gasteiger charge is -2.23. The molecule has 2 nitrogen and oxygen atoms in total. The van der Waals surface area contributed by atoms with Gasteiger partial charge in [0.1, 0.15) is 0 Å². The van der Waals surface area contributed by atoms with Crippen LogP contribution in [0, 0.1) is 6.57 Å². The molecular formula is C50H36N2. The standard InChI is InChI=1S/C50H36N2/c1-49(2)43-19-10-8-16-35(43)37-23-21-31(26-45(37)49)41-29-47(32-22-24-38-36-17-9-11-20-44(36)50(3,4)46(38)27-32)52-48-39-18-7-6-15-34(39)40(28-42(41)48)30-13-12-14-33(25-30)51-5/h6-29H,1-4H3. The largest absolute Gasteiger partial charge is 0.247 e. The SMILES string of the molecule is [C-]#[N+]c1cccc(-c2cc3c(-c4ccc5c(c4)C(C)(C)c4ccccc4-5)cc(-c4ccc5c(c4)C(C)(C)c4ccccc4-5)nc3c3ccccc23)c1. The molecule has 0 spiro atoms. The summed E-state index contributed by atoms with van der Waals surface area (Å²) in [6.07, 6.45) is 0. The smallest absolute Gasteiger partial charge is 0.187 e. The van der Waals surface area contributed by atoms with Crippen molar-refractivity contribution in [2.45, 2.75) is 38.5 Å². The van der Waals surface area contributed by atoms with Crippen LogP contribution in [0.2, 0.25) is 0 Å². The molecule has 0 saturated heterocycles. The van der Waals surface area contributed by atoms with Crippen molar-refractivity contribution >= 4 is 27.4 Å². The van der Waals surface area contributed by atoms with Crippen molar-refractivity contribution in [3.05, 3.63) is 179 Å². The fourth-order valence-corrected chi connectivity index (χ4v) is 9.16. The molecule has 0 unspecified atom stereocenters. The van der Waals surface area contributed by atoms with Crippen molar-refractivity contribution in [3.8, 4) is 55.8 Å². The molecule has 0 bridgehead atoms. The van der Waals surface area contributed by atoms with Gasteiger partial charge in [-0.05, 0) is 102 Å². The molecule has 1 heterocycles. The van der Waals surface area contributed by atoms with E-state index in [4.69, 9.17) is 11.6 Å². The maximum atomic E-state index is 7.71. The Bertz CT molecular complexity index is 2860. The number of hydrogen-bond donors (Lipinski definition) is 0. The highest BCUT2D eigenvalue weighted by Gasteiger charge is 2.37. The third kappa shape index (κ3) is 4.26. The first kappa shape index (κ1) is 30.5. The first-order valence-corrected chi connectivity index (χ1v) is 18.1. The molecule has 52 heavy (non-hydrogen) atoms. The minimum atomic E-state index is -0.119. The average molecular weight is 665 g/mol. The molecule has 7 aromatic carbocycles. The molecule has 0 radical (unpaired) electrons. The molecule has 2 aliphatic carbocycles. The fraction of sp³-hybridized carbons (Fsp3) is 0.120. The highest BCUT2D eigenvalue weighted by atomic mass is 14.7. The molecule has 1 aromatic heterocycles. The molecule has 8 aromatic rings. The topological polar surface area (TPSA) is 17.2 Å². The monoisotopic (exact) mass is 664 g/mol. The molecule has 0 atom stereocenters. The van der Waals surface area contributed by atoms with Crippen LogP contribution in [0.15, 0.2) is 146 Å². The van der Waals surface area contributed by atoms with Gasteiger partial charge in [0.05, 0.1) is 17.8 Å². The highest BCUT2D eigenvalue weighted by Crippen LogP contribution is 2.52. The zero-order chi connectivity index (χ0) is 35.4. The maximum absolute atomic E-state index is 7.71. The van der Waals surface area contributed by atoms with Gasteiger partial charge in [-0.15, -0.1) is 0 Å². The number of nitrogens with zero attached hydrogens (tertiary/aromatic N) is 2. The summed E-state index contributed by atoms with van der Waals surface area (Å²) in [6, 6.07) is 52.8. The molecule has 0 fully saturated rings. The van der Waals surface area contributed by atoms with Crippen LogP contribution in [0.1, 0.15) is 49.9 Å². The molecule has 246 valence electrons. The van der Waals surface area contributed by atoms with Crippen molar-refractivity contribution in [2.75, 3.05) is 0 Å². The number of hydrogen-bond acceptors (Lipinski definition) is 1. The van der Waals surface area contributed by atoms with Crippen LogP contribution < -0.4 is 0 Å². The van der Waals surface area contributed by atoms with Crippen LogP contribution in [0.3, 0.4) is 0 Å². The second-order valence-corrected chi connectivity index (χ2v) is 15.4. The first-order valence-electron chi connectivity index (χ1n) is 18.1. The third-order valence-corrected chi connectivity index (χ3v) is 11.9. The zero-order valence-electron chi connectivity index (χ0n) is 29.8. The molecule has 2 aliphatic rings. The number of benzene rings is 7. The van der Waals surface area contributed by atoms with Crippen molar-refractivity contribution in [2.24, 2.45) is 0 Å². The Balaban J connectivity index is 1.26. The van der Waals surface area contributed by atoms with E-state index in [1.807, 2.05) is 18.2 Å². The van der Waals surface area contributed by atoms with Crippen molar-refractivity contribution in [1.29, 1.82) is 0 Å². The Morgan fingerprint density at radius 1 is 0.423 bits per heavy atom. The summed E-state index contributed by atoms with van der Waals surface area (Å²) in [7, 11) is 0. The van der Waals surface area contributed by atoms with Gasteiger partial charge in [-0.1, -0.05) is 143 Å². The Kier molecular flexibility index (Phi) is 6.37. The lowest BCUT2D eigenvalue weighted by molar-refractivity contribution is 0.660. The summed E-state index contributed by atoms with van der Waals surface area (Å²) in [5.41, 5.74) is 18.7. The van der Waals surface area contributed by atoms with Gasteiger partial charge in [0.25, 0.3) is 0 Å². The van der Waals surface area contributed by atoms with Crippen LogP contribution in [-0.2, 0) is 10.8 Å². The molecule has 0 saturated carbocycles. The van der Waals surface area contributed by atoms with Gasteiger partial charge in [0.2, 0.25) is 0 Å². The summed E-state index contributed by atoms with van der Waals surface area (Å²) in [5.74, 6) is 0. The van der Waals surface area contributed by atoms with E-state index in [0.29, 0.717) is 5.69 Å². The van der Waals surface area contributed by atoms with Gasteiger partial charge in [-0.3, -0.25) is 0 Å². The summed E-state index contributed by atoms with van der Waals surface area (Å²) in [4.78, 5) is 9.29. The normalized spacial score (nSPS) is 14.4. The summed E-state index contributed by atoms with van der Waals surface area (Å²) in [6.45, 7) is 17.1. The third-order valence-electron chi connectivity index (χ3n) is 11.9. The Morgan fingerprint density at radius 3 is 1.63 bits per heavy atom. The molecule has 0 aliphatic heterocycles. The highest BCUT2D eigenvalue weighted by molar-refractivity contribution is 6.16. The van der Waals surface area contributed by atoms with Crippen molar-refractivity contribution in [1.82, 2.24) is 4.98 Å². The molecule has 0 amide bonds. The second-order valence-electron chi connectivity index (χ2n) is 15.4. The van der Waals surface area contributed by atoms with E-state index in [1.54, 1.807) is 0 Å². The number of aromatic nitrogens is 1. The van der Waals surface area contributed by atoms with Crippen molar-refractivity contribution in [3.63, 3.8) is 0 Å². The van der Waals surface area contributed by atoms with Gasteiger partial charge in [-0.25, -0.2) is 9.83 Å². The fourth-order valence-electron chi connectivity index (χ4n) is 9.16. The van der Waals surface area contributed by atoms with Crippen LogP contribution >= 0.6 is 0 Å². The van der Waals surface area contributed by atoms with E-state index in [2.05, 4.69) is 160 Å². The summed E-state index contributed by atoms with van der Waals surface area (Å²) < 4.78 is 0. The van der Waals surface area contributed by atoms with Gasteiger partial charge in [0, 0.05) is 27.2 Å². The van der Waals surface area contributed by atoms with Crippen LogP contribution in [0.5, 0.6) is 0 Å². The quantitative estimate of drug-likeness (QED) is 0.136. The summed E-state index contributed by atoms with van der Waals surface area (Å²) >= 11 is 0. The predicted octanol–water partition coefficient (Wildman–Crippen LogP) is 13.6. The van der Waals surface area contributed by atoms with Gasteiger partial charge in [0.15, 0.2) is 5.69 Å². The molecule has 10 rings (SSSR count). The first-order chi connectivity index (χ1) is 25.2. The van der Waals surface area contributed by atoms with E-state index < -0.39 is 0 Å². The lowest BCUT2D eigenvalue weighted by atomic mass is 9.81. The zero-order valence-corrected chi connectivity index (χ0v) is 29.8. The van der Waals surface area contributed by atoms with E-state index in [0.717, 1.165) is 49.6 Å². The minimum Gasteiger partial charge on any atom is -0.247 e. The number of pyridine rings is 1. The second kappa shape index (κ2) is 10.8. The number of rotatable bonds is 3. The Hall–Kier alpha value is -6.30. The number of fused-ring (bicyclic) bond motifs is 9. The van der Waals surface area contributed by atoms with Crippen LogP contribution in [-0.4, -0.2) is 4.98 Å².